The van der Waals surface area contributed by atoms with Gasteiger partial charge in [-0.15, -0.1) is 0 Å². The first-order chi connectivity index (χ1) is 8.63. The lowest BCUT2D eigenvalue weighted by molar-refractivity contribution is 0.315. The topological polar surface area (TPSA) is 34.1 Å². The number of hydrogen-bond acceptors (Lipinski definition) is 3. The largest absolute Gasteiger partial charge is 0.492 e. The van der Waals surface area contributed by atoms with Crippen LogP contribution in [0, 0.1) is 0 Å². The van der Waals surface area contributed by atoms with Crippen molar-refractivity contribution in [1.29, 1.82) is 0 Å². The number of aromatic nitrogens is 1. The predicted octanol–water partition coefficient (Wildman–Crippen LogP) is 3.36. The summed E-state index contributed by atoms with van der Waals surface area (Å²) in [6, 6.07) is 2.66. The van der Waals surface area contributed by atoms with Crippen LogP contribution < -0.4 is 10.1 Å². The molecule has 0 saturated carbocycles. The Morgan fingerprint density at radius 3 is 2.72 bits per heavy atom. The number of hydrogen-bond donors (Lipinski definition) is 1. The van der Waals surface area contributed by atoms with Crippen molar-refractivity contribution in [3.63, 3.8) is 0 Å². The summed E-state index contributed by atoms with van der Waals surface area (Å²) in [6.07, 6.45) is 5.88. The summed E-state index contributed by atoms with van der Waals surface area (Å²) in [7, 11) is 0. The molecule has 1 rings (SSSR count). The first-order valence-corrected chi connectivity index (χ1v) is 6.94. The first kappa shape index (κ1) is 15.0. The molecule has 0 fully saturated rings. The molecule has 0 amide bonds. The highest BCUT2D eigenvalue weighted by Gasteiger charge is 2.07. The minimum Gasteiger partial charge on any atom is -0.492 e. The van der Waals surface area contributed by atoms with Gasteiger partial charge in [0.25, 0.3) is 0 Å². The van der Waals surface area contributed by atoms with Crippen LogP contribution in [0.1, 0.15) is 52.0 Å². The van der Waals surface area contributed by atoms with Crippen molar-refractivity contribution in [1.82, 2.24) is 10.3 Å². The molecule has 0 radical (unpaired) electrons. The molecule has 1 heterocycles. The molecule has 0 aliphatic heterocycles. The van der Waals surface area contributed by atoms with Gasteiger partial charge in [0.2, 0.25) is 0 Å². The summed E-state index contributed by atoms with van der Waals surface area (Å²) >= 11 is 0. The fourth-order valence-corrected chi connectivity index (χ4v) is 1.76. The lowest BCUT2D eigenvalue weighted by atomic mass is 9.99. The van der Waals surface area contributed by atoms with Gasteiger partial charge in [-0.05, 0) is 36.9 Å². The Labute approximate surface area is 111 Å². The zero-order chi connectivity index (χ0) is 13.4. The summed E-state index contributed by atoms with van der Waals surface area (Å²) in [5.74, 6) is 1.40. The van der Waals surface area contributed by atoms with E-state index in [2.05, 4.69) is 44.1 Å². The Hall–Kier alpha value is -1.09. The van der Waals surface area contributed by atoms with Crippen LogP contribution in [0.2, 0.25) is 0 Å². The van der Waals surface area contributed by atoms with Crippen LogP contribution in [0.5, 0.6) is 5.75 Å². The van der Waals surface area contributed by atoms with Gasteiger partial charge >= 0.3 is 0 Å². The molecule has 102 valence electrons. The molecule has 1 unspecified atom stereocenters. The van der Waals surface area contributed by atoms with Crippen molar-refractivity contribution in [2.75, 3.05) is 13.2 Å². The number of ether oxygens (including phenoxy) is 1. The zero-order valence-corrected chi connectivity index (χ0v) is 12.1. The van der Waals surface area contributed by atoms with Crippen LogP contribution in [0.15, 0.2) is 18.5 Å². The van der Waals surface area contributed by atoms with Gasteiger partial charge in [-0.1, -0.05) is 27.7 Å². The summed E-state index contributed by atoms with van der Waals surface area (Å²) < 4.78 is 5.61. The maximum absolute atomic E-state index is 5.61. The third kappa shape index (κ3) is 5.50. The first-order valence-electron chi connectivity index (χ1n) is 6.94. The lowest BCUT2D eigenvalue weighted by Crippen LogP contribution is -2.24. The Balaban J connectivity index is 2.48. The van der Waals surface area contributed by atoms with Gasteiger partial charge in [0, 0.05) is 12.2 Å². The fraction of sp³-hybridized carbons (Fsp3) is 0.667. The van der Waals surface area contributed by atoms with Crippen LogP contribution in [0.25, 0.3) is 0 Å². The quantitative estimate of drug-likeness (QED) is 0.768. The zero-order valence-electron chi connectivity index (χ0n) is 12.1. The monoisotopic (exact) mass is 250 g/mol. The molecule has 1 atom stereocenters. The highest BCUT2D eigenvalue weighted by atomic mass is 16.5. The van der Waals surface area contributed by atoms with E-state index in [-0.39, 0.29) is 0 Å². The lowest BCUT2D eigenvalue weighted by Gasteiger charge is -2.14. The number of pyridine rings is 1. The highest BCUT2D eigenvalue weighted by molar-refractivity contribution is 5.26. The second kappa shape index (κ2) is 8.09. The summed E-state index contributed by atoms with van der Waals surface area (Å²) in [4.78, 5) is 4.26. The van der Waals surface area contributed by atoms with Gasteiger partial charge in [0.05, 0.1) is 12.8 Å². The van der Waals surface area contributed by atoms with Crippen molar-refractivity contribution in [2.24, 2.45) is 0 Å². The van der Waals surface area contributed by atoms with E-state index in [1.54, 1.807) is 6.20 Å². The van der Waals surface area contributed by atoms with E-state index < -0.39 is 0 Å². The Kier molecular flexibility index (Phi) is 6.73. The number of nitrogens with one attached hydrogen (secondary N) is 1. The summed E-state index contributed by atoms with van der Waals surface area (Å²) in [5.41, 5.74) is 1.26. The van der Waals surface area contributed by atoms with Gasteiger partial charge in [0.15, 0.2) is 0 Å². The maximum Gasteiger partial charge on any atom is 0.137 e. The van der Waals surface area contributed by atoms with Crippen LogP contribution in [-0.2, 0) is 0 Å². The average molecular weight is 250 g/mol. The van der Waals surface area contributed by atoms with Crippen LogP contribution >= 0.6 is 0 Å². The Bertz CT molecular complexity index is 339. The van der Waals surface area contributed by atoms with E-state index in [1.165, 1.54) is 5.56 Å². The average Bonchev–Trinajstić information content (AvgIpc) is 2.36. The molecule has 3 nitrogen and oxygen atoms in total. The minimum absolute atomic E-state index is 0.508. The molecule has 1 aromatic rings. The molecule has 1 N–H and O–H groups in total. The number of nitrogens with zero attached hydrogens (tertiary/aromatic N) is 1. The van der Waals surface area contributed by atoms with E-state index in [1.807, 2.05) is 6.20 Å². The predicted molar refractivity (Wildman–Crippen MR) is 76.2 cm³/mol. The molecule has 0 aromatic carbocycles. The molecule has 0 aliphatic rings. The molecular formula is C15H26N2O. The molecule has 18 heavy (non-hydrogen) atoms. The highest BCUT2D eigenvalue weighted by Crippen LogP contribution is 2.21. The van der Waals surface area contributed by atoms with Gasteiger partial charge in [0.1, 0.15) is 5.75 Å². The smallest absolute Gasteiger partial charge is 0.137 e. The third-order valence-corrected chi connectivity index (χ3v) is 2.91. The van der Waals surface area contributed by atoms with E-state index in [9.17, 15) is 0 Å². The molecule has 1 aromatic heterocycles. The normalized spacial score (nSPS) is 12.7. The Morgan fingerprint density at radius 1 is 1.28 bits per heavy atom. The Morgan fingerprint density at radius 2 is 2.06 bits per heavy atom. The van der Waals surface area contributed by atoms with Crippen molar-refractivity contribution in [2.45, 2.75) is 52.5 Å². The molecule has 0 bridgehead atoms. The molecule has 0 spiro atoms. The van der Waals surface area contributed by atoms with Crippen molar-refractivity contribution in [3.05, 3.63) is 24.0 Å². The minimum atomic E-state index is 0.508. The van der Waals surface area contributed by atoms with E-state index in [0.29, 0.717) is 12.0 Å². The van der Waals surface area contributed by atoms with Crippen LogP contribution in [0.4, 0.5) is 0 Å². The SMILES string of the molecule is CCCOc1cncc(C(C)CCNC(C)C)c1. The van der Waals surface area contributed by atoms with Gasteiger partial charge in [-0.3, -0.25) is 4.98 Å². The molecular weight excluding hydrogens is 224 g/mol. The van der Waals surface area contributed by atoms with Gasteiger partial charge in [-0.25, -0.2) is 0 Å². The van der Waals surface area contributed by atoms with Crippen LogP contribution in [0.3, 0.4) is 0 Å². The van der Waals surface area contributed by atoms with Gasteiger partial charge < -0.3 is 10.1 Å². The third-order valence-electron chi connectivity index (χ3n) is 2.91. The van der Waals surface area contributed by atoms with E-state index >= 15 is 0 Å². The molecule has 0 aliphatic carbocycles. The second-order valence-corrected chi connectivity index (χ2v) is 5.10. The second-order valence-electron chi connectivity index (χ2n) is 5.10. The van der Waals surface area contributed by atoms with Crippen molar-refractivity contribution >= 4 is 0 Å². The van der Waals surface area contributed by atoms with E-state index in [4.69, 9.17) is 4.74 Å². The molecule has 0 saturated heterocycles. The summed E-state index contributed by atoms with van der Waals surface area (Å²) in [5, 5.41) is 3.44. The standard InChI is InChI=1S/C15H26N2O/c1-5-8-18-15-9-14(10-16-11-15)13(4)6-7-17-12(2)3/h9-13,17H,5-8H2,1-4H3. The maximum atomic E-state index is 5.61. The van der Waals surface area contributed by atoms with Crippen molar-refractivity contribution in [3.8, 4) is 5.75 Å². The van der Waals surface area contributed by atoms with Gasteiger partial charge in [-0.2, -0.15) is 0 Å². The van der Waals surface area contributed by atoms with Crippen LogP contribution in [-0.4, -0.2) is 24.2 Å². The molecule has 3 heteroatoms. The van der Waals surface area contributed by atoms with Crippen molar-refractivity contribution < 1.29 is 4.74 Å². The summed E-state index contributed by atoms with van der Waals surface area (Å²) in [6.45, 7) is 10.5. The number of rotatable bonds is 8. The van der Waals surface area contributed by atoms with E-state index in [0.717, 1.165) is 31.7 Å². The fourth-order valence-electron chi connectivity index (χ4n) is 1.76.